The molecule has 1 atom stereocenters. The van der Waals surface area contributed by atoms with Crippen molar-refractivity contribution >= 4 is 23.5 Å². The highest BCUT2D eigenvalue weighted by Gasteiger charge is 2.32. The van der Waals surface area contributed by atoms with Gasteiger partial charge in [0.1, 0.15) is 6.04 Å². The summed E-state index contributed by atoms with van der Waals surface area (Å²) < 4.78 is 0. The predicted octanol–water partition coefficient (Wildman–Crippen LogP) is 2.72. The van der Waals surface area contributed by atoms with Crippen LogP contribution >= 0.6 is 0 Å². The van der Waals surface area contributed by atoms with E-state index in [-0.39, 0.29) is 11.8 Å². The Morgan fingerprint density at radius 2 is 1.96 bits per heavy atom. The maximum atomic E-state index is 12.8. The third-order valence-electron chi connectivity index (χ3n) is 4.59. The second-order valence-electron chi connectivity index (χ2n) is 6.57. The lowest BCUT2D eigenvalue weighted by atomic mass is 10.0. The smallest absolute Gasteiger partial charge is 0.326 e. The Morgan fingerprint density at radius 3 is 2.67 bits per heavy atom. The highest BCUT2D eigenvalue weighted by Crippen LogP contribution is 2.21. The molecule has 2 heterocycles. The second kappa shape index (κ2) is 7.99. The van der Waals surface area contributed by atoms with Gasteiger partial charge in [-0.05, 0) is 56.5 Å². The van der Waals surface area contributed by atoms with Crippen LogP contribution in [-0.2, 0) is 4.79 Å². The number of anilines is 1. The van der Waals surface area contributed by atoms with Crippen molar-refractivity contribution < 1.29 is 19.5 Å². The number of carbonyl (C=O) groups excluding carboxylic acids is 2. The largest absolute Gasteiger partial charge is 0.480 e. The van der Waals surface area contributed by atoms with Gasteiger partial charge in [-0.2, -0.15) is 0 Å². The molecule has 1 saturated heterocycles. The topological polar surface area (TPSA) is 99.6 Å². The lowest BCUT2D eigenvalue weighted by Crippen LogP contribution is -2.48. The summed E-state index contributed by atoms with van der Waals surface area (Å²) in [5.74, 6) is -1.65. The van der Waals surface area contributed by atoms with Crippen LogP contribution in [-0.4, -0.2) is 45.4 Å². The highest BCUT2D eigenvalue weighted by molar-refractivity contribution is 6.05. The number of nitrogens with one attached hydrogen (secondary N) is 1. The molecule has 0 spiro atoms. The van der Waals surface area contributed by atoms with E-state index in [1.807, 2.05) is 6.92 Å². The number of likely N-dealkylation sites (tertiary alicyclic amines) is 1. The lowest BCUT2D eigenvalue weighted by Gasteiger charge is -2.33. The van der Waals surface area contributed by atoms with Gasteiger partial charge in [-0.25, -0.2) is 4.79 Å². The predicted molar refractivity (Wildman–Crippen MR) is 99.7 cm³/mol. The van der Waals surface area contributed by atoms with Crippen LogP contribution in [0.15, 0.2) is 42.6 Å². The first-order valence-electron chi connectivity index (χ1n) is 8.83. The average Bonchev–Trinajstić information content (AvgIpc) is 2.68. The molecule has 3 rings (SSSR count). The number of hydrogen-bond donors (Lipinski definition) is 2. The summed E-state index contributed by atoms with van der Waals surface area (Å²) in [4.78, 5) is 42.1. The molecule has 1 aromatic carbocycles. The minimum Gasteiger partial charge on any atom is -0.480 e. The molecule has 140 valence electrons. The number of nitrogens with zero attached hydrogens (tertiary/aromatic N) is 2. The first-order chi connectivity index (χ1) is 13.0. The lowest BCUT2D eigenvalue weighted by molar-refractivity contribution is -0.143. The van der Waals surface area contributed by atoms with E-state index in [2.05, 4.69) is 10.3 Å². The fourth-order valence-electron chi connectivity index (χ4n) is 3.13. The molecule has 1 unspecified atom stereocenters. The molecule has 2 amide bonds. The number of hydrogen-bond acceptors (Lipinski definition) is 4. The van der Waals surface area contributed by atoms with Crippen LogP contribution in [0.2, 0.25) is 0 Å². The van der Waals surface area contributed by atoms with Gasteiger partial charge in [0.15, 0.2) is 0 Å². The zero-order valence-corrected chi connectivity index (χ0v) is 15.0. The summed E-state index contributed by atoms with van der Waals surface area (Å²) in [6.45, 7) is 2.25. The van der Waals surface area contributed by atoms with Gasteiger partial charge < -0.3 is 15.3 Å². The first kappa shape index (κ1) is 18.6. The number of aromatic nitrogens is 1. The number of aryl methyl sites for hydroxylation is 1. The molecule has 0 radical (unpaired) electrons. The van der Waals surface area contributed by atoms with Crippen LogP contribution in [0.1, 0.15) is 45.7 Å². The van der Waals surface area contributed by atoms with E-state index in [4.69, 9.17) is 0 Å². The number of pyridine rings is 1. The van der Waals surface area contributed by atoms with Gasteiger partial charge in [0.05, 0.1) is 5.56 Å². The molecule has 0 bridgehead atoms. The first-order valence-corrected chi connectivity index (χ1v) is 8.83. The Labute approximate surface area is 157 Å². The van der Waals surface area contributed by atoms with Crippen LogP contribution in [0.3, 0.4) is 0 Å². The molecule has 1 fully saturated rings. The number of carboxylic acids is 1. The van der Waals surface area contributed by atoms with Gasteiger partial charge in [-0.15, -0.1) is 0 Å². The van der Waals surface area contributed by atoms with Gasteiger partial charge in [0.25, 0.3) is 11.8 Å². The van der Waals surface area contributed by atoms with E-state index in [0.717, 1.165) is 18.5 Å². The Hall–Kier alpha value is -3.22. The molecular weight excluding hydrogens is 346 g/mol. The Morgan fingerprint density at radius 1 is 1.15 bits per heavy atom. The SMILES string of the molecule is Cc1ccc(C(=O)Nc2cccc(C(=O)N3CCCCC3C(=O)O)c2)cn1. The molecule has 1 aliphatic heterocycles. The van der Waals surface area contributed by atoms with Crippen molar-refractivity contribution in [1.82, 2.24) is 9.88 Å². The Balaban J connectivity index is 1.76. The van der Waals surface area contributed by atoms with Crippen molar-refractivity contribution in [2.75, 3.05) is 11.9 Å². The molecule has 2 N–H and O–H groups in total. The standard InChI is InChI=1S/C20H21N3O4/c1-13-8-9-15(12-21-13)18(24)22-16-6-4-5-14(11-16)19(25)23-10-3-2-7-17(23)20(26)27/h4-6,8-9,11-12,17H,2-3,7,10H2,1H3,(H,22,24)(H,26,27). The van der Waals surface area contributed by atoms with E-state index in [9.17, 15) is 19.5 Å². The fraction of sp³-hybridized carbons (Fsp3) is 0.300. The molecule has 0 saturated carbocycles. The van der Waals surface area contributed by atoms with Crippen LogP contribution in [0, 0.1) is 6.92 Å². The summed E-state index contributed by atoms with van der Waals surface area (Å²) in [5, 5.41) is 12.1. The van der Waals surface area contributed by atoms with E-state index in [1.54, 1.807) is 36.4 Å². The summed E-state index contributed by atoms with van der Waals surface area (Å²) in [6, 6.07) is 9.16. The molecule has 0 aliphatic carbocycles. The van der Waals surface area contributed by atoms with Crippen molar-refractivity contribution in [2.24, 2.45) is 0 Å². The zero-order valence-electron chi connectivity index (χ0n) is 15.0. The fourth-order valence-corrected chi connectivity index (χ4v) is 3.13. The van der Waals surface area contributed by atoms with Gasteiger partial charge in [0, 0.05) is 29.7 Å². The van der Waals surface area contributed by atoms with Crippen LogP contribution < -0.4 is 5.32 Å². The maximum absolute atomic E-state index is 12.8. The van der Waals surface area contributed by atoms with E-state index in [1.165, 1.54) is 11.1 Å². The molecule has 7 nitrogen and oxygen atoms in total. The molecule has 27 heavy (non-hydrogen) atoms. The normalized spacial score (nSPS) is 16.6. The van der Waals surface area contributed by atoms with Crippen LogP contribution in [0.4, 0.5) is 5.69 Å². The number of carboxylic acid groups (broad SMARTS) is 1. The van der Waals surface area contributed by atoms with E-state index >= 15 is 0 Å². The van der Waals surface area contributed by atoms with E-state index < -0.39 is 12.0 Å². The molecule has 1 aromatic heterocycles. The minimum absolute atomic E-state index is 0.325. The third kappa shape index (κ3) is 4.31. The highest BCUT2D eigenvalue weighted by atomic mass is 16.4. The summed E-state index contributed by atoms with van der Waals surface area (Å²) in [7, 11) is 0. The Bertz CT molecular complexity index is 864. The Kier molecular flexibility index (Phi) is 5.49. The monoisotopic (exact) mass is 367 g/mol. The second-order valence-corrected chi connectivity index (χ2v) is 6.57. The van der Waals surface area contributed by atoms with E-state index in [0.29, 0.717) is 29.8 Å². The number of amides is 2. The summed E-state index contributed by atoms with van der Waals surface area (Å²) >= 11 is 0. The summed E-state index contributed by atoms with van der Waals surface area (Å²) in [6.07, 6.45) is 3.52. The maximum Gasteiger partial charge on any atom is 0.326 e. The zero-order chi connectivity index (χ0) is 19.4. The van der Waals surface area contributed by atoms with Crippen molar-refractivity contribution in [3.8, 4) is 0 Å². The van der Waals surface area contributed by atoms with Crippen molar-refractivity contribution in [1.29, 1.82) is 0 Å². The van der Waals surface area contributed by atoms with Crippen molar-refractivity contribution in [3.05, 3.63) is 59.4 Å². The van der Waals surface area contributed by atoms with Crippen LogP contribution in [0.5, 0.6) is 0 Å². The average molecular weight is 367 g/mol. The molecule has 7 heteroatoms. The van der Waals surface area contributed by atoms with Crippen LogP contribution in [0.25, 0.3) is 0 Å². The van der Waals surface area contributed by atoms with Gasteiger partial charge in [0.2, 0.25) is 0 Å². The van der Waals surface area contributed by atoms with Gasteiger partial charge in [-0.1, -0.05) is 6.07 Å². The number of rotatable bonds is 4. The number of benzene rings is 1. The quantitative estimate of drug-likeness (QED) is 0.865. The molecule has 1 aliphatic rings. The molecule has 2 aromatic rings. The van der Waals surface area contributed by atoms with Crippen molar-refractivity contribution in [2.45, 2.75) is 32.2 Å². The molecular formula is C20H21N3O4. The minimum atomic E-state index is -0.987. The van der Waals surface area contributed by atoms with Gasteiger partial charge in [-0.3, -0.25) is 14.6 Å². The summed E-state index contributed by atoms with van der Waals surface area (Å²) in [5.41, 5.74) is 2.05. The van der Waals surface area contributed by atoms with Gasteiger partial charge >= 0.3 is 5.97 Å². The number of aliphatic carboxylic acids is 1. The third-order valence-corrected chi connectivity index (χ3v) is 4.59. The number of carbonyl (C=O) groups is 3. The number of piperidine rings is 1. The van der Waals surface area contributed by atoms with Crippen molar-refractivity contribution in [3.63, 3.8) is 0 Å².